The van der Waals surface area contributed by atoms with Gasteiger partial charge < -0.3 is 4.74 Å². The molecule has 0 aromatic heterocycles. The molecule has 6 nitrogen and oxygen atoms in total. The zero-order chi connectivity index (χ0) is 24.3. The number of benzene rings is 3. The summed E-state index contributed by atoms with van der Waals surface area (Å²) < 4.78 is 33.8. The zero-order valence-corrected chi connectivity index (χ0v) is 19.7. The predicted molar refractivity (Wildman–Crippen MR) is 134 cm³/mol. The van der Waals surface area contributed by atoms with E-state index in [1.54, 1.807) is 54.6 Å². The summed E-state index contributed by atoms with van der Waals surface area (Å²) >= 11 is 0. The molecular formula is C27H24N2O4S. The lowest BCUT2D eigenvalue weighted by molar-refractivity contribution is -0.129. The second-order valence-corrected chi connectivity index (χ2v) is 9.71. The first-order valence-corrected chi connectivity index (χ1v) is 12.1. The minimum absolute atomic E-state index is 0.0281. The number of carbonyl (C=O) groups is 1. The molecule has 0 fully saturated rings. The molecule has 1 heterocycles. The summed E-state index contributed by atoms with van der Waals surface area (Å²) in [6.45, 7) is 7.58. The summed E-state index contributed by atoms with van der Waals surface area (Å²) in [6.07, 6.45) is 3.17. The highest BCUT2D eigenvalue weighted by Crippen LogP contribution is 2.30. The molecule has 0 amide bonds. The van der Waals surface area contributed by atoms with Gasteiger partial charge in [0.05, 0.1) is 22.7 Å². The number of anilines is 1. The third kappa shape index (κ3) is 4.56. The minimum atomic E-state index is -3.91. The van der Waals surface area contributed by atoms with Crippen molar-refractivity contribution in [1.82, 2.24) is 0 Å². The highest BCUT2D eigenvalue weighted by atomic mass is 32.2. The van der Waals surface area contributed by atoms with Gasteiger partial charge in [-0.1, -0.05) is 60.2 Å². The van der Waals surface area contributed by atoms with E-state index in [1.807, 2.05) is 38.1 Å². The number of carbonyl (C=O) groups excluding carboxylic acids is 1. The number of esters is 1. The molecule has 0 N–H and O–H groups in total. The molecule has 0 unspecified atom stereocenters. The summed E-state index contributed by atoms with van der Waals surface area (Å²) in [5, 5.41) is 0. The molecule has 172 valence electrons. The van der Waals surface area contributed by atoms with Gasteiger partial charge >= 0.3 is 5.97 Å². The van der Waals surface area contributed by atoms with Crippen LogP contribution in [-0.2, 0) is 19.6 Å². The van der Waals surface area contributed by atoms with E-state index in [0.29, 0.717) is 11.3 Å². The molecule has 0 aliphatic carbocycles. The van der Waals surface area contributed by atoms with Gasteiger partial charge in [0, 0.05) is 0 Å². The molecule has 1 aliphatic heterocycles. The Morgan fingerprint density at radius 2 is 1.65 bits per heavy atom. The number of hydrogen-bond acceptors (Lipinski definition) is 5. The van der Waals surface area contributed by atoms with Crippen LogP contribution in [0.2, 0.25) is 0 Å². The maximum Gasteiger partial charge on any atom is 0.363 e. The first-order valence-electron chi connectivity index (χ1n) is 10.7. The molecule has 4 rings (SSSR count). The fraction of sp³-hybridized carbons (Fsp3) is 0.111. The number of para-hydroxylation sites is 1. The van der Waals surface area contributed by atoms with E-state index >= 15 is 0 Å². The Bertz CT molecular complexity index is 1420. The normalized spacial score (nSPS) is 14.6. The van der Waals surface area contributed by atoms with Crippen LogP contribution < -0.4 is 4.31 Å². The van der Waals surface area contributed by atoms with Crippen LogP contribution >= 0.6 is 0 Å². The van der Waals surface area contributed by atoms with Crippen molar-refractivity contribution in [1.29, 1.82) is 0 Å². The highest BCUT2D eigenvalue weighted by molar-refractivity contribution is 7.92. The number of nitrogens with zero attached hydrogens (tertiary/aromatic N) is 2. The average Bonchev–Trinajstić information content (AvgIpc) is 3.19. The van der Waals surface area contributed by atoms with E-state index in [2.05, 4.69) is 11.6 Å². The van der Waals surface area contributed by atoms with Gasteiger partial charge in [-0.2, -0.15) is 0 Å². The lowest BCUT2D eigenvalue weighted by Crippen LogP contribution is -2.32. The van der Waals surface area contributed by atoms with Crippen LogP contribution in [0.25, 0.3) is 6.08 Å². The number of sulfonamides is 1. The number of hydrogen-bond donors (Lipinski definition) is 0. The van der Waals surface area contributed by atoms with Crippen molar-refractivity contribution in [3.63, 3.8) is 0 Å². The third-order valence-electron chi connectivity index (χ3n) is 5.41. The van der Waals surface area contributed by atoms with Gasteiger partial charge in [-0.15, -0.1) is 6.58 Å². The number of cyclic esters (lactones) is 1. The van der Waals surface area contributed by atoms with Crippen molar-refractivity contribution >= 4 is 33.7 Å². The summed E-state index contributed by atoms with van der Waals surface area (Å²) in [7, 11) is -3.91. The molecular weight excluding hydrogens is 448 g/mol. The zero-order valence-electron chi connectivity index (χ0n) is 18.9. The van der Waals surface area contributed by atoms with Crippen molar-refractivity contribution in [3.05, 3.63) is 113 Å². The second-order valence-electron chi connectivity index (χ2n) is 7.85. The molecule has 34 heavy (non-hydrogen) atoms. The summed E-state index contributed by atoms with van der Waals surface area (Å²) in [5.41, 5.74) is 3.68. The van der Waals surface area contributed by atoms with Gasteiger partial charge in [-0.3, -0.25) is 4.31 Å². The van der Waals surface area contributed by atoms with E-state index in [1.165, 1.54) is 10.4 Å². The third-order valence-corrected chi connectivity index (χ3v) is 7.20. The number of aliphatic imine (C=N–C) groups is 1. The fourth-order valence-electron chi connectivity index (χ4n) is 3.57. The summed E-state index contributed by atoms with van der Waals surface area (Å²) in [4.78, 5) is 17.1. The Morgan fingerprint density at radius 1 is 0.971 bits per heavy atom. The molecule has 1 aliphatic rings. The Kier molecular flexibility index (Phi) is 6.47. The van der Waals surface area contributed by atoms with Gasteiger partial charge in [0.1, 0.15) is 0 Å². The molecule has 0 bridgehead atoms. The molecule has 0 saturated carbocycles. The van der Waals surface area contributed by atoms with Gasteiger partial charge in [0.15, 0.2) is 5.70 Å². The Morgan fingerprint density at radius 3 is 2.35 bits per heavy atom. The molecule has 0 atom stereocenters. The Hall–Kier alpha value is -3.97. The fourth-order valence-corrected chi connectivity index (χ4v) is 5.03. The van der Waals surface area contributed by atoms with Crippen LogP contribution in [0.3, 0.4) is 0 Å². The van der Waals surface area contributed by atoms with E-state index in [-0.39, 0.29) is 23.0 Å². The molecule has 3 aromatic rings. The topological polar surface area (TPSA) is 76.0 Å². The van der Waals surface area contributed by atoms with E-state index in [4.69, 9.17) is 4.74 Å². The lowest BCUT2D eigenvalue weighted by Gasteiger charge is -2.25. The summed E-state index contributed by atoms with van der Waals surface area (Å²) in [5.74, 6) is -0.543. The first-order chi connectivity index (χ1) is 16.3. The van der Waals surface area contributed by atoms with Crippen LogP contribution in [0, 0.1) is 13.8 Å². The molecule has 3 aromatic carbocycles. The molecule has 0 spiro atoms. The van der Waals surface area contributed by atoms with Gasteiger partial charge in [0.25, 0.3) is 10.0 Å². The maximum atomic E-state index is 13.5. The van der Waals surface area contributed by atoms with Crippen LogP contribution in [0.1, 0.15) is 22.3 Å². The largest absolute Gasteiger partial charge is 0.402 e. The van der Waals surface area contributed by atoms with Crippen molar-refractivity contribution in [3.8, 4) is 0 Å². The van der Waals surface area contributed by atoms with E-state index in [0.717, 1.165) is 16.7 Å². The SMILES string of the molecule is C=CCN(c1ccccc1C1=N/C(=C/c2ccccc2C)C(=O)O1)S(=O)(=O)c1ccc(C)cc1. The first kappa shape index (κ1) is 23.2. The number of ether oxygens (including phenoxy) is 1. The van der Waals surface area contributed by atoms with E-state index < -0.39 is 16.0 Å². The van der Waals surface area contributed by atoms with Crippen molar-refractivity contribution < 1.29 is 17.9 Å². The van der Waals surface area contributed by atoms with Crippen LogP contribution in [0.4, 0.5) is 5.69 Å². The highest BCUT2D eigenvalue weighted by Gasteiger charge is 2.31. The minimum Gasteiger partial charge on any atom is -0.402 e. The Labute approximate surface area is 199 Å². The van der Waals surface area contributed by atoms with Gasteiger partial charge in [-0.25, -0.2) is 18.2 Å². The van der Waals surface area contributed by atoms with Crippen molar-refractivity contribution in [2.45, 2.75) is 18.7 Å². The van der Waals surface area contributed by atoms with Crippen molar-refractivity contribution in [2.75, 3.05) is 10.8 Å². The Balaban J connectivity index is 1.79. The smallest absolute Gasteiger partial charge is 0.363 e. The van der Waals surface area contributed by atoms with Crippen LogP contribution in [0.15, 0.2) is 101 Å². The van der Waals surface area contributed by atoms with E-state index in [9.17, 15) is 13.2 Å². The number of aryl methyl sites for hydroxylation is 2. The molecule has 0 radical (unpaired) electrons. The average molecular weight is 473 g/mol. The standard InChI is InChI=1S/C27H24N2O4S/c1-4-17-29(34(31,32)22-15-13-19(2)14-16-22)25-12-8-7-11-23(25)26-28-24(27(30)33-26)18-21-10-6-5-9-20(21)3/h4-16,18H,1,17H2,2-3H3/b24-18+. The van der Waals surface area contributed by atoms with Crippen LogP contribution in [-0.4, -0.2) is 26.8 Å². The van der Waals surface area contributed by atoms with Crippen molar-refractivity contribution in [2.24, 2.45) is 4.99 Å². The van der Waals surface area contributed by atoms with Gasteiger partial charge in [-0.05, 0) is 55.3 Å². The monoisotopic (exact) mass is 472 g/mol. The molecule has 7 heteroatoms. The number of rotatable bonds is 7. The lowest BCUT2D eigenvalue weighted by atomic mass is 10.1. The predicted octanol–water partition coefficient (Wildman–Crippen LogP) is 5.03. The second kappa shape index (κ2) is 9.49. The summed E-state index contributed by atoms with van der Waals surface area (Å²) in [6, 6.07) is 21.0. The molecule has 0 saturated heterocycles. The quantitative estimate of drug-likeness (QED) is 0.275. The van der Waals surface area contributed by atoms with Crippen LogP contribution in [0.5, 0.6) is 0 Å². The van der Waals surface area contributed by atoms with Gasteiger partial charge in [0.2, 0.25) is 5.90 Å². The maximum absolute atomic E-state index is 13.5.